The molecule has 0 saturated carbocycles. The van der Waals surface area contributed by atoms with Crippen LogP contribution in [0.1, 0.15) is 41.0 Å². The number of anilines is 1. The lowest BCUT2D eigenvalue weighted by molar-refractivity contribution is 0.102. The van der Waals surface area contributed by atoms with E-state index in [1.807, 2.05) is 66.7 Å². The summed E-state index contributed by atoms with van der Waals surface area (Å²) in [5, 5.41) is 11.8. The van der Waals surface area contributed by atoms with Crippen LogP contribution in [0.5, 0.6) is 5.75 Å². The lowest BCUT2D eigenvalue weighted by Crippen LogP contribution is -2.12. The topological polar surface area (TPSA) is 69.0 Å². The minimum atomic E-state index is -0.165. The number of amides is 1. The average Bonchev–Trinajstić information content (AvgIpc) is 3.12. The van der Waals surface area contributed by atoms with E-state index in [2.05, 4.69) is 20.1 Å². The van der Waals surface area contributed by atoms with Gasteiger partial charge in [-0.1, -0.05) is 48.9 Å². The SMILES string of the molecule is O=C(Nc1cccc(-c2nnc3n2CCCCC3)c1)c1ccc(OCc2ccccc2)cc1. The lowest BCUT2D eigenvalue weighted by Gasteiger charge is -2.10. The number of aromatic nitrogens is 3. The molecule has 166 valence electrons. The first kappa shape index (κ1) is 20.9. The Labute approximate surface area is 193 Å². The molecule has 4 aromatic rings. The molecule has 1 amide bonds. The number of benzene rings is 3. The molecule has 1 aromatic heterocycles. The molecule has 3 aromatic carbocycles. The molecule has 0 radical (unpaired) electrons. The maximum Gasteiger partial charge on any atom is 0.255 e. The number of carbonyl (C=O) groups excluding carboxylic acids is 1. The van der Waals surface area contributed by atoms with Gasteiger partial charge in [-0.25, -0.2) is 0 Å². The summed E-state index contributed by atoms with van der Waals surface area (Å²) in [4.78, 5) is 12.8. The molecule has 0 atom stereocenters. The molecule has 0 fully saturated rings. The molecule has 33 heavy (non-hydrogen) atoms. The second-order valence-electron chi connectivity index (χ2n) is 8.24. The Bertz CT molecular complexity index is 1230. The van der Waals surface area contributed by atoms with Crippen LogP contribution in [0.4, 0.5) is 5.69 Å². The van der Waals surface area contributed by atoms with Gasteiger partial charge in [0.1, 0.15) is 18.2 Å². The van der Waals surface area contributed by atoms with Crippen molar-refractivity contribution >= 4 is 11.6 Å². The molecule has 0 saturated heterocycles. The van der Waals surface area contributed by atoms with E-state index in [1.165, 1.54) is 6.42 Å². The fraction of sp³-hybridized carbons (Fsp3) is 0.222. The molecular formula is C27H26N4O2. The molecule has 0 unspecified atom stereocenters. The largest absolute Gasteiger partial charge is 0.489 e. The van der Waals surface area contributed by atoms with Gasteiger partial charge in [0.05, 0.1) is 0 Å². The van der Waals surface area contributed by atoms with Crippen molar-refractivity contribution in [1.29, 1.82) is 0 Å². The third kappa shape index (κ3) is 4.95. The van der Waals surface area contributed by atoms with Crippen molar-refractivity contribution < 1.29 is 9.53 Å². The van der Waals surface area contributed by atoms with Crippen LogP contribution in [0, 0.1) is 0 Å². The van der Waals surface area contributed by atoms with Gasteiger partial charge >= 0.3 is 0 Å². The number of hydrogen-bond donors (Lipinski definition) is 1. The molecule has 0 spiro atoms. The Kier molecular flexibility index (Phi) is 6.15. The number of ether oxygens (including phenoxy) is 1. The standard InChI is InChI=1S/C27H26N4O2/c32-27(21-13-15-24(16-14-21)33-19-20-8-3-1-4-9-20)28-23-11-7-10-22(18-23)26-30-29-25-12-5-2-6-17-31(25)26/h1,3-4,7-11,13-16,18H,2,5-6,12,17,19H2,(H,28,32). The van der Waals surface area contributed by atoms with Crippen LogP contribution in [0.15, 0.2) is 78.9 Å². The average molecular weight is 439 g/mol. The zero-order valence-electron chi connectivity index (χ0n) is 18.4. The first-order valence-corrected chi connectivity index (χ1v) is 11.4. The highest BCUT2D eigenvalue weighted by molar-refractivity contribution is 6.04. The van der Waals surface area contributed by atoms with Gasteiger partial charge in [0.15, 0.2) is 5.82 Å². The van der Waals surface area contributed by atoms with Crippen molar-refractivity contribution in [3.63, 3.8) is 0 Å². The Balaban J connectivity index is 1.25. The predicted octanol–water partition coefficient (Wildman–Crippen LogP) is 5.50. The second kappa shape index (κ2) is 9.69. The van der Waals surface area contributed by atoms with Crippen LogP contribution in [-0.2, 0) is 19.6 Å². The van der Waals surface area contributed by atoms with Gasteiger partial charge in [0.25, 0.3) is 5.91 Å². The summed E-state index contributed by atoms with van der Waals surface area (Å²) in [6.07, 6.45) is 4.48. The smallest absolute Gasteiger partial charge is 0.255 e. The number of carbonyl (C=O) groups is 1. The predicted molar refractivity (Wildman–Crippen MR) is 128 cm³/mol. The summed E-state index contributed by atoms with van der Waals surface area (Å²) in [6, 6.07) is 25.0. The molecule has 6 nitrogen and oxygen atoms in total. The maximum absolute atomic E-state index is 12.8. The van der Waals surface area contributed by atoms with E-state index in [4.69, 9.17) is 4.74 Å². The van der Waals surface area contributed by atoms with Gasteiger partial charge < -0.3 is 14.6 Å². The van der Waals surface area contributed by atoms with E-state index < -0.39 is 0 Å². The molecule has 0 aliphatic carbocycles. The normalized spacial score (nSPS) is 13.1. The fourth-order valence-corrected chi connectivity index (χ4v) is 4.08. The van der Waals surface area contributed by atoms with Crippen LogP contribution in [0.25, 0.3) is 11.4 Å². The van der Waals surface area contributed by atoms with Crippen LogP contribution in [0.2, 0.25) is 0 Å². The van der Waals surface area contributed by atoms with E-state index in [0.29, 0.717) is 12.2 Å². The highest BCUT2D eigenvalue weighted by Gasteiger charge is 2.16. The fourth-order valence-electron chi connectivity index (χ4n) is 4.08. The minimum Gasteiger partial charge on any atom is -0.489 e. The summed E-state index contributed by atoms with van der Waals surface area (Å²) in [5.41, 5.74) is 3.36. The van der Waals surface area contributed by atoms with Crippen molar-refractivity contribution in [1.82, 2.24) is 14.8 Å². The first-order chi connectivity index (χ1) is 16.3. The monoisotopic (exact) mass is 438 g/mol. The zero-order valence-corrected chi connectivity index (χ0v) is 18.4. The van der Waals surface area contributed by atoms with Gasteiger partial charge in [-0.2, -0.15) is 0 Å². The second-order valence-corrected chi connectivity index (χ2v) is 8.24. The van der Waals surface area contributed by atoms with Crippen molar-refractivity contribution in [2.45, 2.75) is 38.8 Å². The minimum absolute atomic E-state index is 0.165. The molecule has 0 bridgehead atoms. The molecule has 1 N–H and O–H groups in total. The quantitative estimate of drug-likeness (QED) is 0.431. The number of aryl methyl sites for hydroxylation is 1. The van der Waals surface area contributed by atoms with E-state index >= 15 is 0 Å². The van der Waals surface area contributed by atoms with Gasteiger partial charge in [-0.05, 0) is 54.8 Å². The van der Waals surface area contributed by atoms with E-state index in [0.717, 1.165) is 60.0 Å². The Morgan fingerprint density at radius 3 is 2.61 bits per heavy atom. The number of nitrogens with one attached hydrogen (secondary N) is 1. The summed E-state index contributed by atoms with van der Waals surface area (Å²) in [5.74, 6) is 2.47. The first-order valence-electron chi connectivity index (χ1n) is 11.4. The Morgan fingerprint density at radius 2 is 1.76 bits per heavy atom. The Hall–Kier alpha value is -3.93. The number of nitrogens with zero attached hydrogens (tertiary/aromatic N) is 3. The van der Waals surface area contributed by atoms with Gasteiger partial charge in [-0.3, -0.25) is 4.79 Å². The van der Waals surface area contributed by atoms with Gasteiger partial charge in [-0.15, -0.1) is 10.2 Å². The van der Waals surface area contributed by atoms with Crippen molar-refractivity contribution in [2.75, 3.05) is 5.32 Å². The van der Waals surface area contributed by atoms with E-state index in [1.54, 1.807) is 12.1 Å². The number of hydrogen-bond acceptors (Lipinski definition) is 4. The van der Waals surface area contributed by atoms with Crippen molar-refractivity contribution in [2.24, 2.45) is 0 Å². The van der Waals surface area contributed by atoms with E-state index in [9.17, 15) is 4.79 Å². The van der Waals surface area contributed by atoms with Crippen LogP contribution < -0.4 is 10.1 Å². The van der Waals surface area contributed by atoms with Crippen LogP contribution in [0.3, 0.4) is 0 Å². The molecule has 2 heterocycles. The highest BCUT2D eigenvalue weighted by atomic mass is 16.5. The molecule has 5 rings (SSSR count). The van der Waals surface area contributed by atoms with Gasteiger partial charge in [0, 0.05) is 29.8 Å². The Morgan fingerprint density at radius 1 is 0.909 bits per heavy atom. The summed E-state index contributed by atoms with van der Waals surface area (Å²) >= 11 is 0. The summed E-state index contributed by atoms with van der Waals surface area (Å²) in [6.45, 7) is 1.43. The molecular weight excluding hydrogens is 412 g/mol. The summed E-state index contributed by atoms with van der Waals surface area (Å²) < 4.78 is 8.02. The van der Waals surface area contributed by atoms with Crippen molar-refractivity contribution in [3.8, 4) is 17.1 Å². The van der Waals surface area contributed by atoms with Crippen molar-refractivity contribution in [3.05, 3.63) is 95.8 Å². The lowest BCUT2D eigenvalue weighted by atomic mass is 10.1. The van der Waals surface area contributed by atoms with Gasteiger partial charge in [0.2, 0.25) is 0 Å². The highest BCUT2D eigenvalue weighted by Crippen LogP contribution is 2.25. The molecule has 1 aliphatic heterocycles. The summed E-state index contributed by atoms with van der Waals surface area (Å²) in [7, 11) is 0. The van der Waals surface area contributed by atoms with E-state index in [-0.39, 0.29) is 5.91 Å². The molecule has 6 heteroatoms. The zero-order chi connectivity index (χ0) is 22.5. The third-order valence-corrected chi connectivity index (χ3v) is 5.85. The number of fused-ring (bicyclic) bond motifs is 1. The number of rotatable bonds is 6. The molecule has 1 aliphatic rings. The van der Waals surface area contributed by atoms with Crippen LogP contribution >= 0.6 is 0 Å². The maximum atomic E-state index is 12.8. The van der Waals surface area contributed by atoms with Crippen LogP contribution in [-0.4, -0.2) is 20.7 Å². The third-order valence-electron chi connectivity index (χ3n) is 5.85.